The zero-order valence-corrected chi connectivity index (χ0v) is 15.4. The van der Waals surface area contributed by atoms with E-state index in [1.54, 1.807) is 0 Å². The molecule has 0 spiro atoms. The van der Waals surface area contributed by atoms with Gasteiger partial charge >= 0.3 is 0 Å². The molecule has 0 aliphatic carbocycles. The summed E-state index contributed by atoms with van der Waals surface area (Å²) in [6, 6.07) is 17.4. The molecule has 3 rings (SSSR count). The number of hydrogen-bond acceptors (Lipinski definition) is 2. The van der Waals surface area contributed by atoms with E-state index in [2.05, 4.69) is 56.4 Å². The number of fused-ring (bicyclic) bond motifs is 1. The normalized spacial score (nSPS) is 16.8. The lowest BCUT2D eigenvalue weighted by Crippen LogP contribution is -2.30. The molecule has 0 unspecified atom stereocenters. The monoisotopic (exact) mass is 324 g/mol. The molecule has 1 aliphatic rings. The minimum Gasteiger partial charge on any atom is -0.457 e. The zero-order chi connectivity index (χ0) is 16.2. The Balaban J connectivity index is 1.76. The molecule has 23 heavy (non-hydrogen) atoms. The van der Waals surface area contributed by atoms with E-state index < -0.39 is 0 Å². The van der Waals surface area contributed by atoms with Crippen molar-refractivity contribution in [3.05, 3.63) is 53.6 Å². The first kappa shape index (κ1) is 16.1. The van der Waals surface area contributed by atoms with Crippen molar-refractivity contribution in [2.45, 2.75) is 44.8 Å². The average Bonchev–Trinajstić information content (AvgIpc) is 2.58. The van der Waals surface area contributed by atoms with Gasteiger partial charge in [0.25, 0.3) is 0 Å². The van der Waals surface area contributed by atoms with Crippen molar-refractivity contribution in [2.24, 2.45) is 0 Å². The molecule has 0 aromatic heterocycles. The molecule has 121 valence electrons. The minimum absolute atomic E-state index is 0.245. The predicted molar refractivity (Wildman–Crippen MR) is 100 cm³/mol. The summed E-state index contributed by atoms with van der Waals surface area (Å²) >= 11 is 0. The highest BCUT2D eigenvalue weighted by Crippen LogP contribution is 2.34. The number of hydrogen-bond donors (Lipinski definition) is 1. The second kappa shape index (κ2) is 7.22. The summed E-state index contributed by atoms with van der Waals surface area (Å²) in [4.78, 5) is 0. The molecule has 2 aromatic carbocycles. The molecule has 1 atom stereocenters. The summed E-state index contributed by atoms with van der Waals surface area (Å²) in [5, 5.41) is 3.63. The molecule has 0 fully saturated rings. The van der Waals surface area contributed by atoms with E-state index in [9.17, 15) is 0 Å². The Morgan fingerprint density at radius 3 is 2.43 bits per heavy atom. The van der Waals surface area contributed by atoms with E-state index in [1.165, 1.54) is 35.3 Å². The Morgan fingerprint density at radius 2 is 1.74 bits per heavy atom. The minimum atomic E-state index is -0.245. The van der Waals surface area contributed by atoms with Crippen LogP contribution < -0.4 is 10.1 Å². The molecular formula is C20H26NOSi. The number of ether oxygens (including phenoxy) is 1. The van der Waals surface area contributed by atoms with E-state index in [0.29, 0.717) is 0 Å². The van der Waals surface area contributed by atoms with Crippen LogP contribution in [0.4, 0.5) is 5.69 Å². The summed E-state index contributed by atoms with van der Waals surface area (Å²) in [7, 11) is -0.245. The molecule has 1 N–H and O–H groups in total. The molecule has 3 heteroatoms. The molecule has 0 saturated heterocycles. The van der Waals surface area contributed by atoms with E-state index >= 15 is 0 Å². The van der Waals surface area contributed by atoms with E-state index in [1.807, 2.05) is 12.1 Å². The second-order valence-corrected chi connectivity index (χ2v) is 9.93. The molecule has 0 amide bonds. The van der Waals surface area contributed by atoms with Crippen molar-refractivity contribution in [1.29, 1.82) is 0 Å². The first-order chi connectivity index (χ1) is 11.2. The highest BCUT2D eigenvalue weighted by molar-refractivity contribution is 6.60. The van der Waals surface area contributed by atoms with Crippen LogP contribution in [-0.4, -0.2) is 15.3 Å². The van der Waals surface area contributed by atoms with E-state index in [0.717, 1.165) is 23.6 Å². The number of nitrogens with one attached hydrogen (secondary N) is 1. The summed E-state index contributed by atoms with van der Waals surface area (Å²) < 4.78 is 6.03. The lowest BCUT2D eigenvalue weighted by Gasteiger charge is -2.30. The summed E-state index contributed by atoms with van der Waals surface area (Å²) in [5.74, 6) is 1.85. The predicted octanol–water partition coefficient (Wildman–Crippen LogP) is 5.66. The Labute approximate surface area is 141 Å². The lowest BCUT2D eigenvalue weighted by atomic mass is 10.0. The number of rotatable bonds is 5. The molecule has 1 radical (unpaired) electrons. The van der Waals surface area contributed by atoms with Gasteiger partial charge in [-0.25, -0.2) is 0 Å². The van der Waals surface area contributed by atoms with Crippen LogP contribution in [0.15, 0.2) is 42.5 Å². The van der Waals surface area contributed by atoms with Gasteiger partial charge in [0.1, 0.15) is 11.5 Å². The smallest absolute Gasteiger partial charge is 0.127 e. The molecule has 2 nitrogen and oxygen atoms in total. The Kier molecular flexibility index (Phi) is 5.06. The maximum atomic E-state index is 6.03. The van der Waals surface area contributed by atoms with Crippen LogP contribution in [0, 0.1) is 6.92 Å². The van der Waals surface area contributed by atoms with Gasteiger partial charge in [-0.2, -0.15) is 0 Å². The molecule has 0 saturated carbocycles. The fourth-order valence-corrected chi connectivity index (χ4v) is 5.96. The van der Waals surface area contributed by atoms with E-state index in [4.69, 9.17) is 4.74 Å². The average molecular weight is 325 g/mol. The van der Waals surface area contributed by atoms with E-state index in [-0.39, 0.29) is 8.80 Å². The quantitative estimate of drug-likeness (QED) is 0.716. The van der Waals surface area contributed by atoms with Gasteiger partial charge in [0, 0.05) is 12.2 Å². The SMILES string of the molecule is CC[Si](CC)[C@H]1CNc2ccc(Oc3ccc(C)cc3)cc2C1. The van der Waals surface area contributed by atoms with Gasteiger partial charge in [-0.15, -0.1) is 0 Å². The standard InChI is InChI=1S/C20H26NOSi/c1-4-23(5-2)19-13-16-12-18(10-11-20(16)21-14-19)22-17-8-6-15(3)7-9-17/h6-12,19,21H,4-5,13-14H2,1-3H3/t19-/m1/s1. The van der Waals surface area contributed by atoms with Crippen molar-refractivity contribution in [1.82, 2.24) is 0 Å². The Hall–Kier alpha value is -1.74. The fraction of sp³-hybridized carbons (Fsp3) is 0.400. The van der Waals surface area contributed by atoms with Gasteiger partial charge in [-0.3, -0.25) is 0 Å². The highest BCUT2D eigenvalue weighted by Gasteiger charge is 2.25. The largest absolute Gasteiger partial charge is 0.457 e. The third-order valence-electron chi connectivity index (χ3n) is 4.82. The molecule has 0 bridgehead atoms. The highest BCUT2D eigenvalue weighted by atomic mass is 28.3. The van der Waals surface area contributed by atoms with Crippen LogP contribution >= 0.6 is 0 Å². The van der Waals surface area contributed by atoms with Gasteiger partial charge < -0.3 is 10.1 Å². The van der Waals surface area contributed by atoms with Crippen LogP contribution in [-0.2, 0) is 6.42 Å². The maximum absolute atomic E-state index is 6.03. The summed E-state index contributed by atoms with van der Waals surface area (Å²) in [6.45, 7) is 7.94. The number of benzene rings is 2. The Morgan fingerprint density at radius 1 is 1.04 bits per heavy atom. The van der Waals surface area contributed by atoms with Crippen LogP contribution in [0.3, 0.4) is 0 Å². The van der Waals surface area contributed by atoms with Crippen molar-refractivity contribution >= 4 is 14.5 Å². The third kappa shape index (κ3) is 3.78. The summed E-state index contributed by atoms with van der Waals surface area (Å²) in [6.07, 6.45) is 1.20. The lowest BCUT2D eigenvalue weighted by molar-refractivity contribution is 0.481. The fourth-order valence-electron chi connectivity index (χ4n) is 3.40. The van der Waals surface area contributed by atoms with Crippen LogP contribution in [0.5, 0.6) is 11.5 Å². The first-order valence-electron chi connectivity index (χ1n) is 8.65. The zero-order valence-electron chi connectivity index (χ0n) is 14.4. The van der Waals surface area contributed by atoms with Crippen molar-refractivity contribution < 1.29 is 4.74 Å². The van der Waals surface area contributed by atoms with Gasteiger partial charge in [0.15, 0.2) is 0 Å². The van der Waals surface area contributed by atoms with Gasteiger partial charge in [-0.1, -0.05) is 43.6 Å². The van der Waals surface area contributed by atoms with Crippen molar-refractivity contribution in [3.63, 3.8) is 0 Å². The molecular weight excluding hydrogens is 298 g/mol. The first-order valence-corrected chi connectivity index (χ1v) is 10.6. The van der Waals surface area contributed by atoms with Crippen molar-refractivity contribution in [2.75, 3.05) is 11.9 Å². The molecule has 2 aromatic rings. The number of anilines is 1. The van der Waals surface area contributed by atoms with Crippen molar-refractivity contribution in [3.8, 4) is 11.5 Å². The van der Waals surface area contributed by atoms with Gasteiger partial charge in [0.05, 0.1) is 8.80 Å². The Bertz CT molecular complexity index is 649. The van der Waals surface area contributed by atoms with Gasteiger partial charge in [-0.05, 0) is 54.8 Å². The van der Waals surface area contributed by atoms with Crippen LogP contribution in [0.2, 0.25) is 17.6 Å². The third-order valence-corrected chi connectivity index (χ3v) is 8.20. The maximum Gasteiger partial charge on any atom is 0.127 e. The molecule has 1 heterocycles. The second-order valence-electron chi connectivity index (χ2n) is 6.38. The summed E-state index contributed by atoms with van der Waals surface area (Å²) in [5.41, 5.74) is 4.78. The molecule has 1 aliphatic heterocycles. The van der Waals surface area contributed by atoms with Crippen LogP contribution in [0.25, 0.3) is 0 Å². The topological polar surface area (TPSA) is 21.3 Å². The van der Waals surface area contributed by atoms with Gasteiger partial charge in [0.2, 0.25) is 0 Å². The van der Waals surface area contributed by atoms with Crippen LogP contribution in [0.1, 0.15) is 25.0 Å². The number of aryl methyl sites for hydroxylation is 1.